The van der Waals surface area contributed by atoms with E-state index in [0.29, 0.717) is 17.4 Å². The molecule has 0 radical (unpaired) electrons. The maximum Gasteiger partial charge on any atom is 0.165 e. The van der Waals surface area contributed by atoms with Crippen molar-refractivity contribution in [3.05, 3.63) is 72.7 Å². The van der Waals surface area contributed by atoms with Crippen LogP contribution in [0.1, 0.15) is 57.9 Å². The second-order valence-corrected chi connectivity index (χ2v) is 8.47. The molecule has 0 aliphatic carbocycles. The molecule has 1 aromatic heterocycles. The van der Waals surface area contributed by atoms with Crippen LogP contribution in [0, 0.1) is 5.82 Å². The Balaban J connectivity index is 1.55. The molecule has 3 rings (SSSR count). The standard InChI is InChI=1S/C29H35FN2O2/c1-4-6-10-18-33-22(3)11-8-7-9-12-23-13-15-26-27(19-23)31-21-28(32-26)24-14-16-29(25(30)20-24)34-17-5-2/h5,9,12-16,19-22H,2,4,6-8,10-11,17-18H2,1,3H3/b12-9+. The molecule has 0 aliphatic heterocycles. The van der Waals surface area contributed by atoms with E-state index in [1.807, 2.05) is 18.2 Å². The molecule has 3 aromatic rings. The number of fused-ring (bicyclic) bond motifs is 1. The van der Waals surface area contributed by atoms with Gasteiger partial charge in [0.15, 0.2) is 11.6 Å². The summed E-state index contributed by atoms with van der Waals surface area (Å²) < 4.78 is 25.5. The zero-order chi connectivity index (χ0) is 24.2. The Morgan fingerprint density at radius 1 is 1.09 bits per heavy atom. The largest absolute Gasteiger partial charge is 0.486 e. The van der Waals surface area contributed by atoms with E-state index in [9.17, 15) is 4.39 Å². The van der Waals surface area contributed by atoms with Gasteiger partial charge in [-0.15, -0.1) is 0 Å². The van der Waals surface area contributed by atoms with Crippen LogP contribution in [0.15, 0.2) is 61.3 Å². The molecule has 2 aromatic carbocycles. The maximum atomic E-state index is 14.3. The Bertz CT molecular complexity index is 1100. The van der Waals surface area contributed by atoms with Gasteiger partial charge in [-0.05, 0) is 68.5 Å². The van der Waals surface area contributed by atoms with Crippen LogP contribution in [0.5, 0.6) is 5.75 Å². The molecule has 1 unspecified atom stereocenters. The van der Waals surface area contributed by atoms with Gasteiger partial charge in [0.05, 0.1) is 29.0 Å². The third kappa shape index (κ3) is 7.77. The van der Waals surface area contributed by atoms with Crippen molar-refractivity contribution in [2.45, 2.75) is 58.5 Å². The summed E-state index contributed by atoms with van der Waals surface area (Å²) in [6.45, 7) is 9.07. The molecular formula is C29H35FN2O2. The molecular weight excluding hydrogens is 427 g/mol. The zero-order valence-corrected chi connectivity index (χ0v) is 20.3. The Hall–Kier alpha value is -3.05. The van der Waals surface area contributed by atoms with Crippen molar-refractivity contribution in [3.63, 3.8) is 0 Å². The number of allylic oxidation sites excluding steroid dienone is 1. The van der Waals surface area contributed by atoms with Gasteiger partial charge in [-0.25, -0.2) is 9.37 Å². The summed E-state index contributed by atoms with van der Waals surface area (Å²) in [5.41, 5.74) is 3.96. The van der Waals surface area contributed by atoms with Crippen LogP contribution in [0.4, 0.5) is 4.39 Å². The third-order valence-electron chi connectivity index (χ3n) is 5.59. The van der Waals surface area contributed by atoms with Crippen LogP contribution >= 0.6 is 0 Å². The first kappa shape index (κ1) is 25.6. The predicted molar refractivity (Wildman–Crippen MR) is 138 cm³/mol. The van der Waals surface area contributed by atoms with Crippen molar-refractivity contribution in [1.82, 2.24) is 9.97 Å². The normalized spacial score (nSPS) is 12.3. The average molecular weight is 463 g/mol. The SMILES string of the molecule is C=CCOc1ccc(-c2cnc3cc(/C=C/CCCC(C)OCCCCC)ccc3n2)cc1F. The number of rotatable bonds is 14. The van der Waals surface area contributed by atoms with Gasteiger partial charge in [0.2, 0.25) is 0 Å². The Labute approximate surface area is 202 Å². The average Bonchev–Trinajstić information content (AvgIpc) is 2.85. The summed E-state index contributed by atoms with van der Waals surface area (Å²) >= 11 is 0. The van der Waals surface area contributed by atoms with Crippen LogP contribution in [-0.2, 0) is 4.74 Å². The molecule has 0 fully saturated rings. The highest BCUT2D eigenvalue weighted by molar-refractivity contribution is 5.79. The fourth-order valence-corrected chi connectivity index (χ4v) is 3.66. The minimum Gasteiger partial charge on any atom is -0.486 e. The van der Waals surface area contributed by atoms with E-state index in [1.54, 1.807) is 24.4 Å². The van der Waals surface area contributed by atoms with Gasteiger partial charge < -0.3 is 9.47 Å². The monoisotopic (exact) mass is 462 g/mol. The maximum absolute atomic E-state index is 14.3. The van der Waals surface area contributed by atoms with E-state index in [0.717, 1.165) is 48.9 Å². The molecule has 0 amide bonds. The molecule has 1 heterocycles. The highest BCUT2D eigenvalue weighted by Gasteiger charge is 2.09. The van der Waals surface area contributed by atoms with Crippen LogP contribution in [0.3, 0.4) is 0 Å². The van der Waals surface area contributed by atoms with E-state index in [-0.39, 0.29) is 12.4 Å². The smallest absolute Gasteiger partial charge is 0.165 e. The molecule has 0 aliphatic rings. The number of benzene rings is 2. The Kier molecular flexibility index (Phi) is 10.2. The van der Waals surface area contributed by atoms with Crippen molar-refractivity contribution in [2.24, 2.45) is 0 Å². The minimum atomic E-state index is -0.431. The summed E-state index contributed by atoms with van der Waals surface area (Å²) in [5.74, 6) is -0.234. The van der Waals surface area contributed by atoms with Gasteiger partial charge >= 0.3 is 0 Å². The van der Waals surface area contributed by atoms with Gasteiger partial charge in [0.25, 0.3) is 0 Å². The summed E-state index contributed by atoms with van der Waals surface area (Å²) in [4.78, 5) is 9.21. The summed E-state index contributed by atoms with van der Waals surface area (Å²) in [7, 11) is 0. The summed E-state index contributed by atoms with van der Waals surface area (Å²) in [5, 5.41) is 0. The molecule has 0 bridgehead atoms. The second kappa shape index (κ2) is 13.6. The Morgan fingerprint density at radius 3 is 2.76 bits per heavy atom. The van der Waals surface area contributed by atoms with Crippen molar-refractivity contribution in [1.29, 1.82) is 0 Å². The van der Waals surface area contributed by atoms with Crippen molar-refractivity contribution in [3.8, 4) is 17.0 Å². The van der Waals surface area contributed by atoms with E-state index in [1.165, 1.54) is 18.9 Å². The van der Waals surface area contributed by atoms with Crippen LogP contribution in [0.2, 0.25) is 0 Å². The number of aromatic nitrogens is 2. The summed E-state index contributed by atoms with van der Waals surface area (Å²) in [6, 6.07) is 10.8. The molecule has 4 nitrogen and oxygen atoms in total. The molecule has 0 spiro atoms. The van der Waals surface area contributed by atoms with E-state index in [4.69, 9.17) is 9.47 Å². The lowest BCUT2D eigenvalue weighted by Gasteiger charge is -2.12. The quantitative estimate of drug-likeness (QED) is 0.181. The molecule has 5 heteroatoms. The number of nitrogens with zero attached hydrogens (tertiary/aromatic N) is 2. The van der Waals surface area contributed by atoms with Crippen LogP contribution in [0.25, 0.3) is 28.4 Å². The third-order valence-corrected chi connectivity index (χ3v) is 5.59. The lowest BCUT2D eigenvalue weighted by Crippen LogP contribution is -2.08. The van der Waals surface area contributed by atoms with Gasteiger partial charge in [0, 0.05) is 12.2 Å². The molecule has 180 valence electrons. The molecule has 0 saturated carbocycles. The van der Waals surface area contributed by atoms with E-state index >= 15 is 0 Å². The number of hydrogen-bond acceptors (Lipinski definition) is 4. The van der Waals surface area contributed by atoms with E-state index < -0.39 is 5.82 Å². The van der Waals surface area contributed by atoms with Crippen LogP contribution in [-0.4, -0.2) is 29.3 Å². The van der Waals surface area contributed by atoms with Gasteiger partial charge in [-0.3, -0.25) is 4.98 Å². The van der Waals surface area contributed by atoms with Crippen LogP contribution < -0.4 is 4.74 Å². The van der Waals surface area contributed by atoms with Gasteiger partial charge in [-0.1, -0.05) is 50.6 Å². The predicted octanol–water partition coefficient (Wildman–Crippen LogP) is 7.78. The first-order chi connectivity index (χ1) is 16.6. The molecule has 0 saturated heterocycles. The zero-order valence-electron chi connectivity index (χ0n) is 20.3. The molecule has 34 heavy (non-hydrogen) atoms. The Morgan fingerprint density at radius 2 is 1.97 bits per heavy atom. The number of unbranched alkanes of at least 4 members (excludes halogenated alkanes) is 3. The number of hydrogen-bond donors (Lipinski definition) is 0. The van der Waals surface area contributed by atoms with Crippen molar-refractivity contribution in [2.75, 3.05) is 13.2 Å². The first-order valence-electron chi connectivity index (χ1n) is 12.2. The lowest BCUT2D eigenvalue weighted by atomic mass is 10.1. The fraction of sp³-hybridized carbons (Fsp3) is 0.379. The number of halogens is 1. The fourth-order valence-electron chi connectivity index (χ4n) is 3.66. The van der Waals surface area contributed by atoms with Crippen molar-refractivity contribution >= 4 is 17.1 Å². The lowest BCUT2D eigenvalue weighted by molar-refractivity contribution is 0.0566. The highest BCUT2D eigenvalue weighted by atomic mass is 19.1. The van der Waals surface area contributed by atoms with E-state index in [2.05, 4.69) is 42.5 Å². The van der Waals surface area contributed by atoms with Gasteiger partial charge in [-0.2, -0.15) is 0 Å². The molecule has 0 N–H and O–H groups in total. The molecule has 1 atom stereocenters. The second-order valence-electron chi connectivity index (χ2n) is 8.47. The first-order valence-corrected chi connectivity index (χ1v) is 12.2. The number of ether oxygens (including phenoxy) is 2. The highest BCUT2D eigenvalue weighted by Crippen LogP contribution is 2.25. The van der Waals surface area contributed by atoms with Gasteiger partial charge in [0.1, 0.15) is 6.61 Å². The minimum absolute atomic E-state index is 0.197. The van der Waals surface area contributed by atoms with Crippen molar-refractivity contribution < 1.29 is 13.9 Å². The topological polar surface area (TPSA) is 44.2 Å². The summed E-state index contributed by atoms with van der Waals surface area (Å²) in [6.07, 6.45) is 14.7.